The first kappa shape index (κ1) is 19.9. The molecule has 1 unspecified atom stereocenters. The van der Waals surface area contributed by atoms with Gasteiger partial charge in [-0.1, -0.05) is 12.1 Å². The van der Waals surface area contributed by atoms with Gasteiger partial charge in [0.25, 0.3) is 0 Å². The first-order chi connectivity index (χ1) is 12.4. The maximum atomic E-state index is 13.3. The van der Waals surface area contributed by atoms with Crippen molar-refractivity contribution in [3.8, 4) is 0 Å². The van der Waals surface area contributed by atoms with Crippen LogP contribution in [0.3, 0.4) is 0 Å². The average Bonchev–Trinajstić information content (AvgIpc) is 2.60. The van der Waals surface area contributed by atoms with Crippen LogP contribution in [0.15, 0.2) is 24.3 Å². The highest BCUT2D eigenvalue weighted by molar-refractivity contribution is 5.86. The van der Waals surface area contributed by atoms with Gasteiger partial charge < -0.3 is 14.5 Å². The van der Waals surface area contributed by atoms with E-state index in [4.69, 9.17) is 4.74 Å². The lowest BCUT2D eigenvalue weighted by molar-refractivity contribution is -0.151. The first-order valence-electron chi connectivity index (χ1n) is 8.83. The van der Waals surface area contributed by atoms with Crippen molar-refractivity contribution in [2.24, 2.45) is 5.92 Å². The molecule has 1 saturated heterocycles. The molecule has 0 bridgehead atoms. The number of likely N-dealkylation sites (N-methyl/N-ethyl adjacent to an activating group) is 1. The number of ether oxygens (including phenoxy) is 1. The summed E-state index contributed by atoms with van der Waals surface area (Å²) in [5, 5.41) is 0. The van der Waals surface area contributed by atoms with Crippen molar-refractivity contribution in [2.45, 2.75) is 26.2 Å². The number of hydrogen-bond acceptors (Lipinski definition) is 4. The van der Waals surface area contributed by atoms with Crippen LogP contribution in [-0.2, 0) is 25.5 Å². The number of carbonyl (C=O) groups is 3. The lowest BCUT2D eigenvalue weighted by Crippen LogP contribution is -2.47. The Bertz CT molecular complexity index is 665. The Balaban J connectivity index is 1.90. The molecule has 1 aliphatic heterocycles. The summed E-state index contributed by atoms with van der Waals surface area (Å²) in [4.78, 5) is 39.2. The summed E-state index contributed by atoms with van der Waals surface area (Å²) >= 11 is 0. The van der Waals surface area contributed by atoms with Gasteiger partial charge in [0.05, 0.1) is 12.5 Å². The number of esters is 1. The van der Waals surface area contributed by atoms with Crippen LogP contribution < -0.4 is 0 Å². The molecule has 1 heterocycles. The Hall–Kier alpha value is -2.44. The van der Waals surface area contributed by atoms with Gasteiger partial charge in [-0.05, 0) is 37.5 Å². The Morgan fingerprint density at radius 3 is 2.85 bits per heavy atom. The summed E-state index contributed by atoms with van der Waals surface area (Å²) < 4.78 is 18.1. The summed E-state index contributed by atoms with van der Waals surface area (Å²) in [6, 6.07) is 6.28. The molecule has 1 aromatic rings. The zero-order valence-electron chi connectivity index (χ0n) is 15.2. The molecule has 1 aromatic carbocycles. The smallest absolute Gasteiger partial charge is 0.325 e. The van der Waals surface area contributed by atoms with E-state index in [2.05, 4.69) is 0 Å². The predicted molar refractivity (Wildman–Crippen MR) is 93.7 cm³/mol. The second kappa shape index (κ2) is 9.31. The van der Waals surface area contributed by atoms with Crippen LogP contribution >= 0.6 is 0 Å². The molecule has 0 N–H and O–H groups in total. The van der Waals surface area contributed by atoms with Crippen LogP contribution in [0.1, 0.15) is 25.3 Å². The topological polar surface area (TPSA) is 66.9 Å². The third-order valence-electron chi connectivity index (χ3n) is 4.46. The quantitative estimate of drug-likeness (QED) is 0.690. The number of likely N-dealkylation sites (tertiary alicyclic amines) is 1. The second-order valence-corrected chi connectivity index (χ2v) is 6.45. The van der Waals surface area contributed by atoms with E-state index in [0.717, 1.165) is 5.56 Å². The van der Waals surface area contributed by atoms with E-state index in [9.17, 15) is 18.8 Å². The molecule has 2 amide bonds. The van der Waals surface area contributed by atoms with E-state index in [1.807, 2.05) is 6.07 Å². The Morgan fingerprint density at radius 2 is 2.15 bits per heavy atom. The number of carbonyl (C=O) groups excluding carboxylic acids is 3. The lowest BCUT2D eigenvalue weighted by Gasteiger charge is -2.33. The van der Waals surface area contributed by atoms with Crippen LogP contribution in [0.5, 0.6) is 0 Å². The molecule has 0 aromatic heterocycles. The molecule has 142 valence electrons. The average molecular weight is 364 g/mol. The van der Waals surface area contributed by atoms with Crippen LogP contribution in [0.25, 0.3) is 0 Å². The van der Waals surface area contributed by atoms with Gasteiger partial charge in [-0.2, -0.15) is 0 Å². The number of hydrogen-bond donors (Lipinski definition) is 0. The lowest BCUT2D eigenvalue weighted by atomic mass is 9.95. The van der Waals surface area contributed by atoms with Gasteiger partial charge in [-0.25, -0.2) is 4.39 Å². The number of halogens is 1. The Labute approximate surface area is 152 Å². The van der Waals surface area contributed by atoms with Gasteiger partial charge in [-0.15, -0.1) is 0 Å². The fraction of sp³-hybridized carbons (Fsp3) is 0.526. The van der Waals surface area contributed by atoms with Crippen molar-refractivity contribution >= 4 is 17.8 Å². The number of piperidine rings is 1. The fourth-order valence-corrected chi connectivity index (χ4v) is 3.08. The zero-order valence-corrected chi connectivity index (χ0v) is 15.2. The number of nitrogens with zero attached hydrogens (tertiary/aromatic N) is 2. The highest BCUT2D eigenvalue weighted by Crippen LogP contribution is 2.20. The van der Waals surface area contributed by atoms with Crippen LogP contribution in [0, 0.1) is 11.7 Å². The van der Waals surface area contributed by atoms with Gasteiger partial charge in [0.1, 0.15) is 12.4 Å². The summed E-state index contributed by atoms with van der Waals surface area (Å²) in [6.45, 7) is 2.64. The molecule has 1 aliphatic rings. The van der Waals surface area contributed by atoms with Crippen molar-refractivity contribution in [1.82, 2.24) is 9.80 Å². The van der Waals surface area contributed by atoms with Crippen LogP contribution in [-0.4, -0.2) is 60.9 Å². The molecular weight excluding hydrogens is 339 g/mol. The molecular formula is C19H25FN2O4. The number of benzene rings is 1. The van der Waals surface area contributed by atoms with Gasteiger partial charge in [0.2, 0.25) is 11.8 Å². The summed E-state index contributed by atoms with van der Waals surface area (Å²) in [5.41, 5.74) is 0.811. The molecule has 0 saturated carbocycles. The van der Waals surface area contributed by atoms with Gasteiger partial charge in [0.15, 0.2) is 0 Å². The fourth-order valence-electron chi connectivity index (χ4n) is 3.08. The molecule has 26 heavy (non-hydrogen) atoms. The normalized spacial score (nSPS) is 17.1. The van der Waals surface area contributed by atoms with Crippen LogP contribution in [0.2, 0.25) is 0 Å². The van der Waals surface area contributed by atoms with E-state index < -0.39 is 5.97 Å². The van der Waals surface area contributed by atoms with Crippen molar-refractivity contribution in [2.75, 3.05) is 33.3 Å². The maximum absolute atomic E-state index is 13.3. The predicted octanol–water partition coefficient (Wildman–Crippen LogP) is 1.63. The van der Waals surface area contributed by atoms with E-state index in [1.54, 1.807) is 24.9 Å². The zero-order chi connectivity index (χ0) is 19.1. The Kier molecular flexibility index (Phi) is 7.12. The minimum atomic E-state index is -0.446. The molecule has 0 spiro atoms. The van der Waals surface area contributed by atoms with Gasteiger partial charge in [-0.3, -0.25) is 14.4 Å². The standard InChI is InChI=1S/C19H25FN2O4/c1-3-26-18(24)13-21(2)19(25)15-7-8-17(23)22(12-15)10-9-14-5-4-6-16(20)11-14/h4-6,11,15H,3,7-10,12-13H2,1-2H3. The Morgan fingerprint density at radius 1 is 1.38 bits per heavy atom. The molecule has 6 nitrogen and oxygen atoms in total. The maximum Gasteiger partial charge on any atom is 0.325 e. The van der Waals surface area contributed by atoms with E-state index in [1.165, 1.54) is 17.0 Å². The third kappa shape index (κ3) is 5.54. The third-order valence-corrected chi connectivity index (χ3v) is 4.46. The second-order valence-electron chi connectivity index (χ2n) is 6.45. The summed E-state index contributed by atoms with van der Waals surface area (Å²) in [7, 11) is 1.56. The minimum absolute atomic E-state index is 0.00139. The number of amides is 2. The van der Waals surface area contributed by atoms with Crippen molar-refractivity contribution < 1.29 is 23.5 Å². The van der Waals surface area contributed by atoms with E-state index in [-0.39, 0.29) is 36.7 Å². The van der Waals surface area contributed by atoms with Crippen molar-refractivity contribution in [3.63, 3.8) is 0 Å². The first-order valence-corrected chi connectivity index (χ1v) is 8.83. The van der Waals surface area contributed by atoms with Gasteiger partial charge >= 0.3 is 5.97 Å². The molecule has 7 heteroatoms. The highest BCUT2D eigenvalue weighted by atomic mass is 19.1. The summed E-state index contributed by atoms with van der Waals surface area (Å²) in [5.74, 6) is -1.25. The largest absolute Gasteiger partial charge is 0.465 e. The summed E-state index contributed by atoms with van der Waals surface area (Å²) in [6.07, 6.45) is 1.30. The molecule has 0 radical (unpaired) electrons. The van der Waals surface area contributed by atoms with Crippen molar-refractivity contribution in [3.05, 3.63) is 35.6 Å². The number of rotatable bonds is 7. The molecule has 1 fully saturated rings. The molecule has 0 aliphatic carbocycles. The van der Waals surface area contributed by atoms with E-state index >= 15 is 0 Å². The minimum Gasteiger partial charge on any atom is -0.465 e. The van der Waals surface area contributed by atoms with Crippen LogP contribution in [0.4, 0.5) is 4.39 Å². The highest BCUT2D eigenvalue weighted by Gasteiger charge is 2.32. The monoisotopic (exact) mass is 364 g/mol. The SMILES string of the molecule is CCOC(=O)CN(C)C(=O)C1CCC(=O)N(CCc2cccc(F)c2)C1. The molecule has 2 rings (SSSR count). The van der Waals surface area contributed by atoms with E-state index in [0.29, 0.717) is 32.4 Å². The van der Waals surface area contributed by atoms with Gasteiger partial charge in [0, 0.05) is 26.6 Å². The molecule has 1 atom stereocenters. The van der Waals surface area contributed by atoms with Crippen molar-refractivity contribution in [1.29, 1.82) is 0 Å².